The summed E-state index contributed by atoms with van der Waals surface area (Å²) in [5.41, 5.74) is 0.379. The van der Waals surface area contributed by atoms with Crippen molar-refractivity contribution in [2.75, 3.05) is 34.7 Å². The van der Waals surface area contributed by atoms with E-state index >= 15 is 0 Å². The van der Waals surface area contributed by atoms with Crippen LogP contribution in [0.3, 0.4) is 0 Å². The van der Waals surface area contributed by atoms with Crippen LogP contribution in [0.4, 0.5) is 5.82 Å². The summed E-state index contributed by atoms with van der Waals surface area (Å²) in [6.45, 7) is 0.0893. The fourth-order valence-electron chi connectivity index (χ4n) is 1.19. The van der Waals surface area contributed by atoms with Crippen LogP contribution in [0.25, 0.3) is 0 Å². The summed E-state index contributed by atoms with van der Waals surface area (Å²) in [4.78, 5) is 27.8. The van der Waals surface area contributed by atoms with Gasteiger partial charge in [-0.25, -0.2) is 9.98 Å². The van der Waals surface area contributed by atoms with Crippen molar-refractivity contribution in [3.63, 3.8) is 0 Å². The highest BCUT2D eigenvalue weighted by Crippen LogP contribution is 2.08. The van der Waals surface area contributed by atoms with Gasteiger partial charge in [-0.15, -0.1) is 0 Å². The minimum absolute atomic E-state index is 0.0893. The molecule has 0 aromatic carbocycles. The molecule has 0 radical (unpaired) electrons. The molecule has 0 saturated heterocycles. The number of ketones is 1. The van der Waals surface area contributed by atoms with Crippen LogP contribution < -0.4 is 0 Å². The van der Waals surface area contributed by atoms with Crippen molar-refractivity contribution in [1.82, 2.24) is 14.8 Å². The standard InChI is InChI=1S/C13H19N5O/c1-17(2)9-14-8-12(19)11-6-5-7-13(16-11)15-10-18(3)4/h5-7,9-10H,8H2,1-4H3. The molecule has 0 N–H and O–H groups in total. The summed E-state index contributed by atoms with van der Waals surface area (Å²) < 4.78 is 0. The lowest BCUT2D eigenvalue weighted by Crippen LogP contribution is -2.11. The van der Waals surface area contributed by atoms with Crippen molar-refractivity contribution in [2.24, 2.45) is 9.98 Å². The lowest BCUT2D eigenvalue weighted by molar-refractivity contribution is 0.0997. The number of nitrogens with zero attached hydrogens (tertiary/aromatic N) is 5. The van der Waals surface area contributed by atoms with E-state index in [0.29, 0.717) is 11.5 Å². The molecule has 1 rings (SSSR count). The van der Waals surface area contributed by atoms with Crippen LogP contribution in [0.5, 0.6) is 0 Å². The molecule has 1 aromatic rings. The number of pyridine rings is 1. The number of hydrogen-bond donors (Lipinski definition) is 0. The predicted octanol–water partition coefficient (Wildman–Crippen LogP) is 1.08. The van der Waals surface area contributed by atoms with Gasteiger partial charge in [0.15, 0.2) is 5.82 Å². The van der Waals surface area contributed by atoms with E-state index in [9.17, 15) is 4.79 Å². The average molecular weight is 261 g/mol. The smallest absolute Gasteiger partial charge is 0.202 e. The van der Waals surface area contributed by atoms with Gasteiger partial charge in [0.05, 0.1) is 12.7 Å². The lowest BCUT2D eigenvalue weighted by atomic mass is 10.2. The topological polar surface area (TPSA) is 61.2 Å². The van der Waals surface area contributed by atoms with Gasteiger partial charge in [0.25, 0.3) is 0 Å². The van der Waals surface area contributed by atoms with Crippen LogP contribution in [0.2, 0.25) is 0 Å². The lowest BCUT2D eigenvalue weighted by Gasteiger charge is -2.03. The minimum Gasteiger partial charge on any atom is -0.369 e. The van der Waals surface area contributed by atoms with Crippen LogP contribution >= 0.6 is 0 Å². The van der Waals surface area contributed by atoms with Gasteiger partial charge in [0.2, 0.25) is 5.78 Å². The van der Waals surface area contributed by atoms with Gasteiger partial charge in [-0.05, 0) is 12.1 Å². The number of hydrogen-bond acceptors (Lipinski definition) is 4. The van der Waals surface area contributed by atoms with Gasteiger partial charge in [-0.3, -0.25) is 9.79 Å². The summed E-state index contributed by atoms with van der Waals surface area (Å²) >= 11 is 0. The van der Waals surface area contributed by atoms with Crippen molar-refractivity contribution in [3.8, 4) is 0 Å². The number of aromatic nitrogens is 1. The normalized spacial score (nSPS) is 11.2. The molecule has 0 saturated carbocycles. The Hall–Kier alpha value is -2.24. The first-order valence-electron chi connectivity index (χ1n) is 5.86. The molecule has 0 fully saturated rings. The Balaban J connectivity index is 2.73. The molecule has 19 heavy (non-hydrogen) atoms. The summed E-state index contributed by atoms with van der Waals surface area (Å²) in [7, 11) is 7.44. The molecule has 6 nitrogen and oxygen atoms in total. The third-order valence-corrected chi connectivity index (χ3v) is 1.99. The van der Waals surface area contributed by atoms with Gasteiger partial charge in [-0.2, -0.15) is 0 Å². The van der Waals surface area contributed by atoms with E-state index in [2.05, 4.69) is 15.0 Å². The van der Waals surface area contributed by atoms with Crippen LogP contribution in [0.15, 0.2) is 28.2 Å². The number of carbonyl (C=O) groups is 1. The number of rotatable bonds is 6. The Bertz CT molecular complexity index is 480. The Morgan fingerprint density at radius 3 is 2.53 bits per heavy atom. The van der Waals surface area contributed by atoms with Crippen molar-refractivity contribution < 1.29 is 4.79 Å². The highest BCUT2D eigenvalue weighted by Gasteiger charge is 2.06. The van der Waals surface area contributed by atoms with Crippen LogP contribution in [-0.2, 0) is 0 Å². The van der Waals surface area contributed by atoms with Gasteiger partial charge < -0.3 is 9.80 Å². The average Bonchev–Trinajstić information content (AvgIpc) is 2.36. The third kappa shape index (κ3) is 5.76. The molecular weight excluding hydrogens is 242 g/mol. The zero-order valence-electron chi connectivity index (χ0n) is 11.7. The zero-order chi connectivity index (χ0) is 14.3. The van der Waals surface area contributed by atoms with Crippen molar-refractivity contribution in [1.29, 1.82) is 0 Å². The SMILES string of the molecule is CN(C)C=NCC(=O)c1cccc(N=CN(C)C)n1. The van der Waals surface area contributed by atoms with Crippen molar-refractivity contribution in [2.45, 2.75) is 0 Å². The molecule has 6 heteroatoms. The van der Waals surface area contributed by atoms with Crippen LogP contribution in [0.1, 0.15) is 10.5 Å². The van der Waals surface area contributed by atoms with Gasteiger partial charge in [0.1, 0.15) is 12.2 Å². The maximum Gasteiger partial charge on any atom is 0.202 e. The van der Waals surface area contributed by atoms with Crippen molar-refractivity contribution >= 4 is 24.3 Å². The quantitative estimate of drug-likeness (QED) is 0.437. The largest absolute Gasteiger partial charge is 0.369 e. The minimum atomic E-state index is -0.125. The number of Topliss-reactive ketones (excluding diaryl/α,β-unsaturated/α-hetero) is 1. The van der Waals surface area contributed by atoms with E-state index in [1.165, 1.54) is 0 Å². The molecule has 0 aliphatic carbocycles. The molecule has 102 valence electrons. The molecule has 0 spiro atoms. The molecule has 1 heterocycles. The van der Waals surface area contributed by atoms with Gasteiger partial charge in [0, 0.05) is 28.2 Å². The molecule has 0 atom stereocenters. The zero-order valence-corrected chi connectivity index (χ0v) is 11.7. The molecule has 0 bridgehead atoms. The second-order valence-corrected chi connectivity index (χ2v) is 4.43. The van der Waals surface area contributed by atoms with Crippen molar-refractivity contribution in [3.05, 3.63) is 23.9 Å². The van der Waals surface area contributed by atoms with E-state index in [1.807, 2.05) is 28.2 Å². The molecule has 0 amide bonds. The Morgan fingerprint density at radius 1 is 1.21 bits per heavy atom. The summed E-state index contributed by atoms with van der Waals surface area (Å²) in [5, 5.41) is 0. The first-order valence-corrected chi connectivity index (χ1v) is 5.86. The van der Waals surface area contributed by atoms with Crippen LogP contribution in [0, 0.1) is 0 Å². The Labute approximate surface area is 113 Å². The maximum atomic E-state index is 11.9. The molecule has 1 aromatic heterocycles. The highest BCUT2D eigenvalue weighted by molar-refractivity contribution is 5.96. The Kier molecular flexibility index (Phi) is 5.66. The van der Waals surface area contributed by atoms with Crippen LogP contribution in [-0.4, -0.2) is 68.0 Å². The summed E-state index contributed by atoms with van der Waals surface area (Å²) in [5.74, 6) is 0.385. The number of aliphatic imine (C=N–C) groups is 2. The first-order chi connectivity index (χ1) is 8.99. The molecule has 0 unspecified atom stereocenters. The molecule has 0 aliphatic rings. The van der Waals surface area contributed by atoms with E-state index in [4.69, 9.17) is 0 Å². The second-order valence-electron chi connectivity index (χ2n) is 4.43. The van der Waals surface area contributed by atoms with E-state index in [1.54, 1.807) is 40.7 Å². The monoisotopic (exact) mass is 261 g/mol. The molecule has 0 aliphatic heterocycles. The fourth-order valence-corrected chi connectivity index (χ4v) is 1.19. The Morgan fingerprint density at radius 2 is 1.89 bits per heavy atom. The second kappa shape index (κ2) is 7.25. The molecular formula is C13H19N5O. The van der Waals surface area contributed by atoms with Gasteiger partial charge >= 0.3 is 0 Å². The third-order valence-electron chi connectivity index (χ3n) is 1.99. The summed E-state index contributed by atoms with van der Waals surface area (Å²) in [6, 6.07) is 5.18. The first kappa shape index (κ1) is 14.8. The van der Waals surface area contributed by atoms with E-state index < -0.39 is 0 Å². The maximum absolute atomic E-state index is 11.9. The highest BCUT2D eigenvalue weighted by atomic mass is 16.1. The van der Waals surface area contributed by atoms with E-state index in [0.717, 1.165) is 0 Å². The fraction of sp³-hybridized carbons (Fsp3) is 0.385. The summed E-state index contributed by atoms with van der Waals surface area (Å²) in [6.07, 6.45) is 3.24. The number of carbonyl (C=O) groups excluding carboxylic acids is 1. The predicted molar refractivity (Wildman–Crippen MR) is 77.5 cm³/mol. The van der Waals surface area contributed by atoms with E-state index in [-0.39, 0.29) is 12.3 Å². The van der Waals surface area contributed by atoms with Gasteiger partial charge in [-0.1, -0.05) is 6.07 Å².